The van der Waals surface area contributed by atoms with E-state index in [4.69, 9.17) is 27.9 Å². The summed E-state index contributed by atoms with van der Waals surface area (Å²) in [6.45, 7) is 2.06. The molecule has 0 saturated heterocycles. The maximum Gasteiger partial charge on any atom is 0.138 e. The number of halogens is 2. The third-order valence-electron chi connectivity index (χ3n) is 2.84. The number of nitrogens with one attached hydrogen (secondary N) is 1. The molecular weight excluding hydrogens is 303 g/mol. The lowest BCUT2D eigenvalue weighted by atomic mass is 10.1. The summed E-state index contributed by atoms with van der Waals surface area (Å²) in [5.74, 6) is 0.564. The molecule has 2 aromatic rings. The Morgan fingerprint density at radius 3 is 2.68 bits per heavy atom. The minimum Gasteiger partial charge on any atom is -0.495 e. The van der Waals surface area contributed by atoms with Gasteiger partial charge in [0.2, 0.25) is 0 Å². The number of hydrogen-bond acceptors (Lipinski definition) is 4. The van der Waals surface area contributed by atoms with Crippen molar-refractivity contribution in [3.8, 4) is 17.0 Å². The first-order valence-electron chi connectivity index (χ1n) is 5.73. The molecule has 1 unspecified atom stereocenters. The number of thiazole rings is 1. The van der Waals surface area contributed by atoms with E-state index in [9.17, 15) is 0 Å². The minimum atomic E-state index is 0.214. The molecule has 0 amide bonds. The molecule has 1 N–H and O–H groups in total. The Morgan fingerprint density at radius 1 is 1.32 bits per heavy atom. The van der Waals surface area contributed by atoms with Gasteiger partial charge < -0.3 is 10.1 Å². The first-order valence-corrected chi connectivity index (χ1v) is 7.36. The Balaban J connectivity index is 2.42. The van der Waals surface area contributed by atoms with E-state index in [-0.39, 0.29) is 6.04 Å². The van der Waals surface area contributed by atoms with Crippen molar-refractivity contribution in [2.24, 2.45) is 0 Å². The number of ether oxygens (including phenoxy) is 1. The highest BCUT2D eigenvalue weighted by molar-refractivity contribution is 7.10. The fourth-order valence-corrected chi connectivity index (χ4v) is 2.99. The third-order valence-corrected chi connectivity index (χ3v) is 4.48. The van der Waals surface area contributed by atoms with Crippen LogP contribution in [0.5, 0.6) is 5.75 Å². The maximum absolute atomic E-state index is 6.25. The summed E-state index contributed by atoms with van der Waals surface area (Å²) in [6, 6.07) is 3.71. The van der Waals surface area contributed by atoms with Crippen molar-refractivity contribution in [3.05, 3.63) is 32.6 Å². The van der Waals surface area contributed by atoms with E-state index in [2.05, 4.69) is 17.2 Å². The van der Waals surface area contributed by atoms with Crippen LogP contribution in [0.2, 0.25) is 10.0 Å². The van der Waals surface area contributed by atoms with Crippen molar-refractivity contribution >= 4 is 34.5 Å². The smallest absolute Gasteiger partial charge is 0.138 e. The molecule has 102 valence electrons. The maximum atomic E-state index is 6.25. The molecule has 0 aliphatic heterocycles. The highest BCUT2D eigenvalue weighted by Crippen LogP contribution is 2.37. The van der Waals surface area contributed by atoms with Gasteiger partial charge in [0.25, 0.3) is 0 Å². The summed E-state index contributed by atoms with van der Waals surface area (Å²) >= 11 is 14.0. The summed E-state index contributed by atoms with van der Waals surface area (Å²) in [6.07, 6.45) is 0. The van der Waals surface area contributed by atoms with E-state index in [1.54, 1.807) is 30.6 Å². The molecule has 1 aromatic heterocycles. The normalized spacial score (nSPS) is 12.5. The zero-order chi connectivity index (χ0) is 14.0. The van der Waals surface area contributed by atoms with Gasteiger partial charge >= 0.3 is 0 Å². The average Bonchev–Trinajstić information content (AvgIpc) is 2.89. The van der Waals surface area contributed by atoms with Crippen LogP contribution in [0.1, 0.15) is 18.0 Å². The molecule has 0 saturated carbocycles. The van der Waals surface area contributed by atoms with Crippen molar-refractivity contribution in [1.82, 2.24) is 10.3 Å². The van der Waals surface area contributed by atoms with Crippen LogP contribution in [0.25, 0.3) is 11.3 Å². The number of hydrogen-bond donors (Lipinski definition) is 1. The number of nitrogens with zero attached hydrogens (tertiary/aromatic N) is 1. The Labute approximate surface area is 126 Å². The van der Waals surface area contributed by atoms with Gasteiger partial charge in [-0.05, 0) is 20.0 Å². The summed E-state index contributed by atoms with van der Waals surface area (Å²) in [5, 5.41) is 7.26. The summed E-state index contributed by atoms with van der Waals surface area (Å²) in [5.41, 5.74) is 1.65. The van der Waals surface area contributed by atoms with Crippen molar-refractivity contribution in [2.45, 2.75) is 13.0 Å². The second-order valence-corrected chi connectivity index (χ2v) is 5.75. The third kappa shape index (κ3) is 3.03. The summed E-state index contributed by atoms with van der Waals surface area (Å²) < 4.78 is 5.13. The van der Waals surface area contributed by atoms with Crippen LogP contribution >= 0.6 is 34.5 Å². The van der Waals surface area contributed by atoms with E-state index >= 15 is 0 Å². The van der Waals surface area contributed by atoms with Gasteiger partial charge in [-0.2, -0.15) is 0 Å². The largest absolute Gasteiger partial charge is 0.495 e. The number of aromatic nitrogens is 1. The topological polar surface area (TPSA) is 34.2 Å². The molecule has 3 nitrogen and oxygen atoms in total. The van der Waals surface area contributed by atoms with E-state index < -0.39 is 0 Å². The van der Waals surface area contributed by atoms with Crippen molar-refractivity contribution < 1.29 is 4.74 Å². The van der Waals surface area contributed by atoms with Gasteiger partial charge in [0, 0.05) is 17.0 Å². The molecule has 0 fully saturated rings. The molecular formula is C13H14Cl2N2OS. The molecule has 0 aliphatic rings. The standard InChI is InChI=1S/C13H14Cl2N2OS/c1-7(16-2)13-17-11(6-19-13)8-4-10(15)12(18-3)5-9(8)14/h4-7,16H,1-3H3. The van der Waals surface area contributed by atoms with Gasteiger partial charge in [0.1, 0.15) is 10.8 Å². The first-order chi connectivity index (χ1) is 9.06. The molecule has 2 rings (SSSR count). The van der Waals surface area contributed by atoms with Crippen molar-refractivity contribution in [3.63, 3.8) is 0 Å². The van der Waals surface area contributed by atoms with E-state index in [0.29, 0.717) is 15.8 Å². The van der Waals surface area contributed by atoms with Gasteiger partial charge in [0.15, 0.2) is 0 Å². The van der Waals surface area contributed by atoms with Crippen LogP contribution in [-0.2, 0) is 0 Å². The van der Waals surface area contributed by atoms with Gasteiger partial charge in [-0.25, -0.2) is 4.98 Å². The molecule has 1 heterocycles. The predicted octanol–water partition coefficient (Wildman–Crippen LogP) is 4.41. The van der Waals surface area contributed by atoms with Gasteiger partial charge in [-0.15, -0.1) is 11.3 Å². The molecule has 0 aliphatic carbocycles. The van der Waals surface area contributed by atoms with Gasteiger partial charge in [-0.1, -0.05) is 23.2 Å². The van der Waals surface area contributed by atoms with Crippen LogP contribution in [-0.4, -0.2) is 19.1 Å². The Hall–Kier alpha value is -0.810. The van der Waals surface area contributed by atoms with Gasteiger partial charge in [0.05, 0.1) is 28.9 Å². The lowest BCUT2D eigenvalue weighted by molar-refractivity contribution is 0.415. The summed E-state index contributed by atoms with van der Waals surface area (Å²) in [7, 11) is 3.47. The van der Waals surface area contributed by atoms with Crippen LogP contribution in [0.3, 0.4) is 0 Å². The van der Waals surface area contributed by atoms with Crippen LogP contribution in [0.4, 0.5) is 0 Å². The van der Waals surface area contributed by atoms with E-state index in [1.807, 2.05) is 12.4 Å². The average molecular weight is 317 g/mol. The van der Waals surface area contributed by atoms with Crippen LogP contribution in [0, 0.1) is 0 Å². The Kier molecular flexibility index (Phi) is 4.68. The Bertz CT molecular complexity index is 586. The van der Waals surface area contributed by atoms with Gasteiger partial charge in [-0.3, -0.25) is 0 Å². The highest BCUT2D eigenvalue weighted by atomic mass is 35.5. The molecule has 1 atom stereocenters. The fourth-order valence-electron chi connectivity index (χ4n) is 1.61. The molecule has 0 spiro atoms. The monoisotopic (exact) mass is 316 g/mol. The summed E-state index contributed by atoms with van der Waals surface area (Å²) in [4.78, 5) is 4.58. The molecule has 0 radical (unpaired) electrons. The second kappa shape index (κ2) is 6.09. The number of methoxy groups -OCH3 is 1. The van der Waals surface area contributed by atoms with Crippen LogP contribution in [0.15, 0.2) is 17.5 Å². The van der Waals surface area contributed by atoms with Crippen molar-refractivity contribution in [2.75, 3.05) is 14.2 Å². The first kappa shape index (κ1) is 14.6. The number of rotatable bonds is 4. The zero-order valence-corrected chi connectivity index (χ0v) is 13.2. The minimum absolute atomic E-state index is 0.214. The molecule has 1 aromatic carbocycles. The zero-order valence-electron chi connectivity index (χ0n) is 10.8. The molecule has 6 heteroatoms. The Morgan fingerprint density at radius 2 is 2.05 bits per heavy atom. The highest BCUT2D eigenvalue weighted by Gasteiger charge is 2.14. The quantitative estimate of drug-likeness (QED) is 0.907. The fraction of sp³-hybridized carbons (Fsp3) is 0.308. The molecule has 19 heavy (non-hydrogen) atoms. The van der Waals surface area contributed by atoms with E-state index in [1.165, 1.54) is 0 Å². The SMILES string of the molecule is CNC(C)c1nc(-c2cc(Cl)c(OC)cc2Cl)cs1. The second-order valence-electron chi connectivity index (χ2n) is 4.05. The predicted molar refractivity (Wildman–Crippen MR) is 81.6 cm³/mol. The lowest BCUT2D eigenvalue weighted by Gasteiger charge is -2.07. The van der Waals surface area contributed by atoms with Crippen LogP contribution < -0.4 is 10.1 Å². The lowest BCUT2D eigenvalue weighted by Crippen LogP contribution is -2.11. The van der Waals surface area contributed by atoms with E-state index in [0.717, 1.165) is 16.3 Å². The van der Waals surface area contributed by atoms with Crippen molar-refractivity contribution in [1.29, 1.82) is 0 Å². The molecule has 0 bridgehead atoms. The number of benzene rings is 1.